The molecule has 1 aromatic rings. The number of hydrogen-bond donors (Lipinski definition) is 2. The van der Waals surface area contributed by atoms with Gasteiger partial charge in [0, 0.05) is 26.2 Å². The molecule has 2 rings (SSSR count). The van der Waals surface area contributed by atoms with E-state index in [-0.39, 0.29) is 60.0 Å². The molecule has 23 heavy (non-hydrogen) atoms. The van der Waals surface area contributed by atoms with Gasteiger partial charge in [-0.2, -0.15) is 13.2 Å². The summed E-state index contributed by atoms with van der Waals surface area (Å²) in [5.41, 5.74) is -0.0379. The molecule has 0 aromatic heterocycles. The van der Waals surface area contributed by atoms with E-state index in [9.17, 15) is 18.3 Å². The van der Waals surface area contributed by atoms with Crippen LogP contribution in [0.4, 0.5) is 13.2 Å². The largest absolute Gasteiger partial charge is 0.503 e. The second-order valence-corrected chi connectivity index (χ2v) is 5.19. The number of methoxy groups -OCH3 is 1. The maximum Gasteiger partial charge on any atom is 0.408 e. The van der Waals surface area contributed by atoms with E-state index in [0.29, 0.717) is 13.1 Å². The lowest BCUT2D eigenvalue weighted by Gasteiger charge is -2.36. The first-order chi connectivity index (χ1) is 9.84. The number of alkyl halides is 3. The van der Waals surface area contributed by atoms with Gasteiger partial charge in [-0.05, 0) is 17.7 Å². The molecule has 0 saturated carbocycles. The van der Waals surface area contributed by atoms with Crippen LogP contribution in [0.3, 0.4) is 0 Å². The van der Waals surface area contributed by atoms with Crippen molar-refractivity contribution in [1.29, 1.82) is 0 Å². The molecule has 1 aliphatic heterocycles. The summed E-state index contributed by atoms with van der Waals surface area (Å²) in [4.78, 5) is 1.35. The lowest BCUT2D eigenvalue weighted by molar-refractivity contribution is -0.187. The zero-order valence-corrected chi connectivity index (χ0v) is 14.6. The Hall–Kier alpha value is -0.600. The summed E-state index contributed by atoms with van der Waals surface area (Å²) in [6.07, 6.45) is -4.44. The molecule has 1 aliphatic rings. The van der Waals surface area contributed by atoms with Gasteiger partial charge in [-0.25, -0.2) is 0 Å². The molecule has 0 bridgehead atoms. The number of ether oxygens (including phenoxy) is 1. The highest BCUT2D eigenvalue weighted by molar-refractivity contribution is 6.32. The van der Waals surface area contributed by atoms with Crippen molar-refractivity contribution in [2.24, 2.45) is 0 Å². The first-order valence-corrected chi connectivity index (χ1v) is 6.80. The number of nitrogens with zero attached hydrogens (tertiary/aromatic N) is 1. The van der Waals surface area contributed by atoms with E-state index in [1.807, 2.05) is 0 Å². The molecule has 10 heteroatoms. The van der Waals surface area contributed by atoms with Crippen molar-refractivity contribution in [3.8, 4) is 11.5 Å². The van der Waals surface area contributed by atoms with Gasteiger partial charge in [0.05, 0.1) is 12.1 Å². The highest BCUT2D eigenvalue weighted by atomic mass is 35.5. The van der Waals surface area contributed by atoms with Crippen molar-refractivity contribution in [2.75, 3.05) is 33.3 Å². The molecule has 134 valence electrons. The van der Waals surface area contributed by atoms with E-state index in [1.165, 1.54) is 18.1 Å². The lowest BCUT2D eigenvalue weighted by Crippen LogP contribution is -2.49. The van der Waals surface area contributed by atoms with E-state index in [1.54, 1.807) is 0 Å². The van der Waals surface area contributed by atoms with Crippen LogP contribution in [0.1, 0.15) is 11.6 Å². The number of piperazine rings is 1. The number of phenolic OH excluding ortho intramolecular Hbond substituents is 1. The van der Waals surface area contributed by atoms with Crippen molar-refractivity contribution in [1.82, 2.24) is 10.2 Å². The minimum Gasteiger partial charge on any atom is -0.503 e. The van der Waals surface area contributed by atoms with Crippen molar-refractivity contribution >= 4 is 36.4 Å². The average Bonchev–Trinajstić information content (AvgIpc) is 2.42. The van der Waals surface area contributed by atoms with E-state index >= 15 is 0 Å². The van der Waals surface area contributed by atoms with Gasteiger partial charge in [-0.15, -0.1) is 24.8 Å². The Labute approximate surface area is 149 Å². The fourth-order valence-corrected chi connectivity index (χ4v) is 2.67. The van der Waals surface area contributed by atoms with Crippen LogP contribution in [0.5, 0.6) is 11.5 Å². The van der Waals surface area contributed by atoms with Crippen molar-refractivity contribution < 1.29 is 23.0 Å². The maximum absolute atomic E-state index is 13.4. The first-order valence-electron chi connectivity index (χ1n) is 6.42. The zero-order valence-electron chi connectivity index (χ0n) is 12.2. The van der Waals surface area contributed by atoms with Crippen LogP contribution in [0.15, 0.2) is 12.1 Å². The third-order valence-corrected chi connectivity index (χ3v) is 3.70. The highest BCUT2D eigenvalue weighted by Crippen LogP contribution is 2.43. The molecule has 1 fully saturated rings. The smallest absolute Gasteiger partial charge is 0.408 e. The normalized spacial score (nSPS) is 16.9. The van der Waals surface area contributed by atoms with Crippen molar-refractivity contribution in [3.05, 3.63) is 22.7 Å². The molecular formula is C13H18Cl3F3N2O2. The summed E-state index contributed by atoms with van der Waals surface area (Å²) < 4.78 is 45.2. The van der Waals surface area contributed by atoms with Gasteiger partial charge in [0.15, 0.2) is 11.5 Å². The van der Waals surface area contributed by atoms with Gasteiger partial charge in [0.1, 0.15) is 6.04 Å². The molecule has 1 heterocycles. The summed E-state index contributed by atoms with van der Waals surface area (Å²) in [5, 5.41) is 12.5. The number of aromatic hydroxyl groups is 1. The van der Waals surface area contributed by atoms with Crippen molar-refractivity contribution in [2.45, 2.75) is 12.2 Å². The summed E-state index contributed by atoms with van der Waals surface area (Å²) >= 11 is 5.80. The van der Waals surface area contributed by atoms with Crippen LogP contribution in [0, 0.1) is 0 Å². The topological polar surface area (TPSA) is 44.7 Å². The fraction of sp³-hybridized carbons (Fsp3) is 0.538. The molecular weight excluding hydrogens is 380 g/mol. The third-order valence-electron chi connectivity index (χ3n) is 3.41. The molecule has 0 aliphatic carbocycles. The Morgan fingerprint density at radius 2 is 1.83 bits per heavy atom. The minimum atomic E-state index is -4.44. The van der Waals surface area contributed by atoms with E-state index < -0.39 is 12.2 Å². The molecule has 1 saturated heterocycles. The number of nitrogens with one attached hydrogen (secondary N) is 1. The van der Waals surface area contributed by atoms with Crippen LogP contribution >= 0.6 is 36.4 Å². The summed E-state index contributed by atoms with van der Waals surface area (Å²) in [5.74, 6) is -0.425. The molecule has 1 atom stereocenters. The predicted molar refractivity (Wildman–Crippen MR) is 87.4 cm³/mol. The third kappa shape index (κ3) is 5.19. The number of benzene rings is 1. The van der Waals surface area contributed by atoms with Gasteiger partial charge in [-0.3, -0.25) is 4.90 Å². The van der Waals surface area contributed by atoms with E-state index in [4.69, 9.17) is 16.3 Å². The average molecular weight is 398 g/mol. The zero-order chi connectivity index (χ0) is 15.6. The van der Waals surface area contributed by atoms with Gasteiger partial charge < -0.3 is 15.2 Å². The second kappa shape index (κ2) is 9.03. The monoisotopic (exact) mass is 396 g/mol. The van der Waals surface area contributed by atoms with Gasteiger partial charge in [0.25, 0.3) is 0 Å². The molecule has 0 radical (unpaired) electrons. The molecule has 1 aromatic carbocycles. The van der Waals surface area contributed by atoms with Gasteiger partial charge in [-0.1, -0.05) is 11.6 Å². The van der Waals surface area contributed by atoms with Crippen LogP contribution in [-0.2, 0) is 0 Å². The Kier molecular flexibility index (Phi) is 8.80. The highest BCUT2D eigenvalue weighted by Gasteiger charge is 2.45. The van der Waals surface area contributed by atoms with Crippen LogP contribution < -0.4 is 10.1 Å². The quantitative estimate of drug-likeness (QED) is 0.820. The Morgan fingerprint density at radius 3 is 2.30 bits per heavy atom. The predicted octanol–water partition coefficient (Wildman–Crippen LogP) is 3.41. The Balaban J connectivity index is 0.00000242. The maximum atomic E-state index is 13.4. The first kappa shape index (κ1) is 22.4. The molecule has 0 amide bonds. The van der Waals surface area contributed by atoms with E-state index in [0.717, 1.165) is 6.07 Å². The van der Waals surface area contributed by atoms with Crippen LogP contribution in [0.2, 0.25) is 5.02 Å². The van der Waals surface area contributed by atoms with Crippen LogP contribution in [-0.4, -0.2) is 49.5 Å². The Bertz CT molecular complexity index is 512. The number of hydrogen-bond acceptors (Lipinski definition) is 4. The van der Waals surface area contributed by atoms with Gasteiger partial charge in [0.2, 0.25) is 0 Å². The van der Waals surface area contributed by atoms with E-state index in [2.05, 4.69) is 5.32 Å². The molecule has 0 unspecified atom stereocenters. The number of rotatable bonds is 3. The molecule has 0 spiro atoms. The standard InChI is InChI=1S/C13H16ClF3N2O2.2ClH/c1-21-10-7-8(6-9(14)11(10)20)12(13(15,16)17)19-4-2-18-3-5-19;;/h6-7,12,18,20H,2-5H2,1H3;2*1H/t12-;;/m1../s1. The minimum absolute atomic E-state index is 0. The molecule has 4 nitrogen and oxygen atoms in total. The summed E-state index contributed by atoms with van der Waals surface area (Å²) in [7, 11) is 1.27. The van der Waals surface area contributed by atoms with Crippen molar-refractivity contribution in [3.63, 3.8) is 0 Å². The van der Waals surface area contributed by atoms with Gasteiger partial charge >= 0.3 is 6.18 Å². The SMILES string of the molecule is COc1cc([C@@H](N2CCNCC2)C(F)(F)F)cc(Cl)c1O.Cl.Cl. The lowest BCUT2D eigenvalue weighted by atomic mass is 10.0. The number of phenols is 1. The Morgan fingerprint density at radius 1 is 1.26 bits per heavy atom. The van der Waals surface area contributed by atoms with Crippen LogP contribution in [0.25, 0.3) is 0 Å². The summed E-state index contributed by atoms with van der Waals surface area (Å²) in [6, 6.07) is 0.549. The second-order valence-electron chi connectivity index (χ2n) is 4.78. The fourth-order valence-electron chi connectivity index (χ4n) is 2.45. The number of halogens is 6. The molecule has 2 N–H and O–H groups in total. The summed E-state index contributed by atoms with van der Waals surface area (Å²) in [6.45, 7) is 1.56.